The monoisotopic (exact) mass is 377 g/mol. The lowest BCUT2D eigenvalue weighted by Crippen LogP contribution is -2.22. The summed E-state index contributed by atoms with van der Waals surface area (Å²) in [6.45, 7) is 1.13. The molecule has 3 nitrogen and oxygen atoms in total. The number of ether oxygens (including phenoxy) is 1. The molecule has 27 heavy (non-hydrogen) atoms. The van der Waals surface area contributed by atoms with Crippen molar-refractivity contribution < 1.29 is 9.53 Å². The molecule has 0 aliphatic carbocycles. The molecule has 1 N–H and O–H groups in total. The van der Waals surface area contributed by atoms with Crippen LogP contribution >= 0.6 is 11.8 Å². The minimum Gasteiger partial charge on any atom is -0.493 e. The molecule has 0 saturated carbocycles. The van der Waals surface area contributed by atoms with Crippen LogP contribution in [-0.2, 0) is 13.0 Å². The van der Waals surface area contributed by atoms with Crippen molar-refractivity contribution in [3.63, 3.8) is 0 Å². The lowest BCUT2D eigenvalue weighted by atomic mass is 10.1. The molecule has 0 fully saturated rings. The maximum absolute atomic E-state index is 12.3. The Morgan fingerprint density at radius 2 is 1.59 bits per heavy atom. The number of rotatable bonds is 8. The third-order valence-electron chi connectivity index (χ3n) is 4.23. The Balaban J connectivity index is 1.46. The van der Waals surface area contributed by atoms with Crippen LogP contribution in [0.25, 0.3) is 0 Å². The van der Waals surface area contributed by atoms with Crippen molar-refractivity contribution in [2.24, 2.45) is 0 Å². The minimum absolute atomic E-state index is 0.0835. The Morgan fingerprint density at radius 3 is 2.26 bits per heavy atom. The van der Waals surface area contributed by atoms with Gasteiger partial charge in [0.25, 0.3) is 5.91 Å². The first kappa shape index (κ1) is 19.1. The Kier molecular flexibility index (Phi) is 6.94. The summed E-state index contributed by atoms with van der Waals surface area (Å²) < 4.78 is 5.76. The van der Waals surface area contributed by atoms with E-state index in [0.717, 1.165) is 17.7 Å². The molecule has 0 aliphatic heterocycles. The molecule has 0 saturated heterocycles. The second kappa shape index (κ2) is 9.83. The molecule has 1 amide bonds. The first-order valence-electron chi connectivity index (χ1n) is 8.92. The molecule has 0 aliphatic rings. The predicted octanol–water partition coefficient (Wildman–Crippen LogP) is 4.96. The lowest BCUT2D eigenvalue weighted by Gasteiger charge is -2.08. The van der Waals surface area contributed by atoms with E-state index in [9.17, 15) is 4.79 Å². The van der Waals surface area contributed by atoms with Gasteiger partial charge in [-0.2, -0.15) is 0 Å². The van der Waals surface area contributed by atoms with E-state index in [0.29, 0.717) is 18.7 Å². The van der Waals surface area contributed by atoms with Crippen LogP contribution in [0.3, 0.4) is 0 Å². The molecule has 0 spiro atoms. The third kappa shape index (κ3) is 5.90. The molecule has 0 bridgehead atoms. The Hall–Kier alpha value is -2.72. The average Bonchev–Trinajstić information content (AvgIpc) is 2.73. The van der Waals surface area contributed by atoms with Crippen LogP contribution in [0.15, 0.2) is 83.8 Å². The molecule has 0 unspecified atom stereocenters. The van der Waals surface area contributed by atoms with Gasteiger partial charge in [-0.15, -0.1) is 11.8 Å². The van der Waals surface area contributed by atoms with E-state index < -0.39 is 0 Å². The van der Waals surface area contributed by atoms with Crippen LogP contribution in [0.4, 0.5) is 0 Å². The number of thioether (sulfide) groups is 1. The van der Waals surface area contributed by atoms with Crippen LogP contribution in [0.1, 0.15) is 21.5 Å². The zero-order chi connectivity index (χ0) is 18.9. The van der Waals surface area contributed by atoms with Crippen molar-refractivity contribution in [3.05, 3.63) is 95.6 Å². The summed E-state index contributed by atoms with van der Waals surface area (Å²) in [5.41, 5.74) is 2.97. The van der Waals surface area contributed by atoms with Crippen LogP contribution in [0, 0.1) is 0 Å². The first-order chi connectivity index (χ1) is 13.2. The van der Waals surface area contributed by atoms with Crippen LogP contribution in [-0.4, -0.2) is 18.8 Å². The second-order valence-corrected chi connectivity index (χ2v) is 7.02. The lowest BCUT2D eigenvalue weighted by molar-refractivity contribution is 0.0951. The quantitative estimate of drug-likeness (QED) is 0.564. The van der Waals surface area contributed by atoms with Gasteiger partial charge in [-0.25, -0.2) is 0 Å². The van der Waals surface area contributed by atoms with E-state index >= 15 is 0 Å². The van der Waals surface area contributed by atoms with Crippen LogP contribution in [0.5, 0.6) is 5.75 Å². The van der Waals surface area contributed by atoms with E-state index in [1.54, 1.807) is 23.9 Å². The van der Waals surface area contributed by atoms with Gasteiger partial charge in [0.1, 0.15) is 5.75 Å². The van der Waals surface area contributed by atoms with E-state index in [4.69, 9.17) is 4.74 Å². The van der Waals surface area contributed by atoms with Crippen molar-refractivity contribution >= 4 is 17.7 Å². The summed E-state index contributed by atoms with van der Waals surface area (Å²) in [7, 11) is 0. The Bertz CT molecular complexity index is 846. The smallest absolute Gasteiger partial charge is 0.251 e. The fourth-order valence-corrected chi connectivity index (χ4v) is 3.07. The van der Waals surface area contributed by atoms with Crippen LogP contribution in [0.2, 0.25) is 0 Å². The van der Waals surface area contributed by atoms with Crippen molar-refractivity contribution in [3.8, 4) is 5.75 Å². The van der Waals surface area contributed by atoms with Gasteiger partial charge < -0.3 is 10.1 Å². The summed E-state index contributed by atoms with van der Waals surface area (Å²) in [5, 5.41) is 2.95. The highest BCUT2D eigenvalue weighted by molar-refractivity contribution is 7.98. The number of hydrogen-bond donors (Lipinski definition) is 1. The van der Waals surface area contributed by atoms with Crippen molar-refractivity contribution in [2.45, 2.75) is 17.9 Å². The molecular formula is C23H23NO2S. The molecule has 3 aromatic rings. The van der Waals surface area contributed by atoms with Gasteiger partial charge in [0.05, 0.1) is 6.61 Å². The van der Waals surface area contributed by atoms with Gasteiger partial charge in [0, 0.05) is 23.4 Å². The third-order valence-corrected chi connectivity index (χ3v) is 4.97. The predicted molar refractivity (Wildman–Crippen MR) is 111 cm³/mol. The molecule has 4 heteroatoms. The molecule has 138 valence electrons. The minimum atomic E-state index is -0.0835. The van der Waals surface area contributed by atoms with Crippen molar-refractivity contribution in [1.82, 2.24) is 5.32 Å². The SMILES string of the molecule is CSc1ccc(CNC(=O)c2ccc(OCCc3ccccc3)cc2)cc1. The highest BCUT2D eigenvalue weighted by Crippen LogP contribution is 2.15. The van der Waals surface area contributed by atoms with Gasteiger partial charge in [-0.3, -0.25) is 4.79 Å². The van der Waals surface area contributed by atoms with Gasteiger partial charge in [0.15, 0.2) is 0 Å². The summed E-state index contributed by atoms with van der Waals surface area (Å²) in [5.74, 6) is 0.690. The maximum atomic E-state index is 12.3. The second-order valence-electron chi connectivity index (χ2n) is 6.14. The summed E-state index contributed by atoms with van der Waals surface area (Å²) in [6, 6.07) is 25.7. The average molecular weight is 378 g/mol. The van der Waals surface area contributed by atoms with Gasteiger partial charge in [0.2, 0.25) is 0 Å². The van der Waals surface area contributed by atoms with Gasteiger partial charge >= 0.3 is 0 Å². The van der Waals surface area contributed by atoms with E-state index in [2.05, 4.69) is 29.6 Å². The molecule has 0 radical (unpaired) electrons. The van der Waals surface area contributed by atoms with Crippen LogP contribution < -0.4 is 10.1 Å². The summed E-state index contributed by atoms with van der Waals surface area (Å²) in [6.07, 6.45) is 2.91. The molecule has 3 aromatic carbocycles. The fraction of sp³-hybridized carbons (Fsp3) is 0.174. The molecule has 0 heterocycles. The first-order valence-corrected chi connectivity index (χ1v) is 10.1. The number of nitrogens with one attached hydrogen (secondary N) is 1. The Morgan fingerprint density at radius 1 is 0.889 bits per heavy atom. The normalized spacial score (nSPS) is 10.4. The van der Waals surface area contributed by atoms with E-state index in [1.807, 2.05) is 48.7 Å². The zero-order valence-electron chi connectivity index (χ0n) is 15.4. The highest BCUT2D eigenvalue weighted by Gasteiger charge is 2.06. The van der Waals surface area contributed by atoms with E-state index in [1.165, 1.54) is 10.5 Å². The summed E-state index contributed by atoms with van der Waals surface area (Å²) in [4.78, 5) is 13.5. The fourth-order valence-electron chi connectivity index (χ4n) is 2.66. The number of benzene rings is 3. The van der Waals surface area contributed by atoms with Gasteiger partial charge in [-0.1, -0.05) is 42.5 Å². The number of amides is 1. The Labute approximate surface area is 164 Å². The highest BCUT2D eigenvalue weighted by atomic mass is 32.2. The van der Waals surface area contributed by atoms with Crippen molar-refractivity contribution in [1.29, 1.82) is 0 Å². The summed E-state index contributed by atoms with van der Waals surface area (Å²) >= 11 is 1.71. The number of hydrogen-bond acceptors (Lipinski definition) is 3. The van der Waals surface area contributed by atoms with Gasteiger partial charge in [-0.05, 0) is 53.8 Å². The topological polar surface area (TPSA) is 38.3 Å². The zero-order valence-corrected chi connectivity index (χ0v) is 16.2. The standard InChI is InChI=1S/C23H23NO2S/c1-27-22-13-7-19(8-14-22)17-24-23(25)20-9-11-21(12-10-20)26-16-15-18-5-3-2-4-6-18/h2-14H,15-17H2,1H3,(H,24,25). The molecule has 3 rings (SSSR count). The molecule has 0 atom stereocenters. The maximum Gasteiger partial charge on any atom is 0.251 e. The molecule has 0 aromatic heterocycles. The largest absolute Gasteiger partial charge is 0.493 e. The van der Waals surface area contributed by atoms with Crippen molar-refractivity contribution in [2.75, 3.05) is 12.9 Å². The molecular weight excluding hydrogens is 354 g/mol. The van der Waals surface area contributed by atoms with E-state index in [-0.39, 0.29) is 5.91 Å². The number of carbonyl (C=O) groups is 1. The number of carbonyl (C=O) groups excluding carboxylic acids is 1.